The van der Waals surface area contributed by atoms with E-state index < -0.39 is 0 Å². The maximum atomic E-state index is 11.8. The molecule has 0 spiro atoms. The van der Waals surface area contributed by atoms with Crippen LogP contribution in [0.2, 0.25) is 0 Å². The van der Waals surface area contributed by atoms with Gasteiger partial charge in [-0.3, -0.25) is 9.48 Å². The molecule has 1 aliphatic rings. The molecule has 1 aromatic carbocycles. The smallest absolute Gasteiger partial charge is 0.226 e. The van der Waals surface area contributed by atoms with Gasteiger partial charge in [-0.25, -0.2) is 0 Å². The lowest BCUT2D eigenvalue weighted by Crippen LogP contribution is -2.24. The van der Waals surface area contributed by atoms with E-state index in [0.29, 0.717) is 6.42 Å². The fourth-order valence-electron chi connectivity index (χ4n) is 2.70. The van der Waals surface area contributed by atoms with Gasteiger partial charge < -0.3 is 10.4 Å². The van der Waals surface area contributed by atoms with Gasteiger partial charge >= 0.3 is 0 Å². The van der Waals surface area contributed by atoms with Gasteiger partial charge in [0.1, 0.15) is 11.6 Å². The van der Waals surface area contributed by atoms with E-state index in [-0.39, 0.29) is 17.6 Å². The van der Waals surface area contributed by atoms with E-state index in [1.54, 1.807) is 16.8 Å². The van der Waals surface area contributed by atoms with E-state index in [1.165, 1.54) is 0 Å². The Labute approximate surface area is 110 Å². The molecular formula is C14H15N3O2. The topological polar surface area (TPSA) is 67.1 Å². The largest absolute Gasteiger partial charge is 0.508 e. The number of phenols is 1. The Kier molecular flexibility index (Phi) is 2.55. The number of nitrogens with one attached hydrogen (secondary N) is 1. The standard InChI is InChI=1S/C14H15N3O2/c1-8-13-11(9-3-5-10(18)6-4-9)7-12(19)15-14(13)17(2)16-8/h3-6,11,18H,7H2,1-2H3,(H,15,19). The number of nitrogens with zero attached hydrogens (tertiary/aromatic N) is 2. The number of hydrogen-bond donors (Lipinski definition) is 2. The number of rotatable bonds is 1. The molecule has 2 heterocycles. The van der Waals surface area contributed by atoms with Gasteiger partial charge in [0, 0.05) is 24.9 Å². The second kappa shape index (κ2) is 4.12. The van der Waals surface area contributed by atoms with Crippen LogP contribution >= 0.6 is 0 Å². The maximum Gasteiger partial charge on any atom is 0.226 e. The normalized spacial score (nSPS) is 18.0. The summed E-state index contributed by atoms with van der Waals surface area (Å²) < 4.78 is 1.70. The number of carbonyl (C=O) groups is 1. The molecule has 1 aliphatic heterocycles. The van der Waals surface area contributed by atoms with Crippen LogP contribution in [0.25, 0.3) is 0 Å². The van der Waals surface area contributed by atoms with Gasteiger partial charge in [-0.05, 0) is 24.6 Å². The molecule has 0 fully saturated rings. The highest BCUT2D eigenvalue weighted by molar-refractivity contribution is 5.94. The lowest BCUT2D eigenvalue weighted by atomic mass is 9.86. The van der Waals surface area contributed by atoms with Crippen LogP contribution in [0.1, 0.15) is 29.2 Å². The Bertz CT molecular complexity index is 643. The number of aromatic hydroxyl groups is 1. The van der Waals surface area contributed by atoms with Gasteiger partial charge in [0.25, 0.3) is 0 Å². The first-order valence-electron chi connectivity index (χ1n) is 6.18. The van der Waals surface area contributed by atoms with Crippen LogP contribution in [0.4, 0.5) is 5.82 Å². The van der Waals surface area contributed by atoms with Crippen molar-refractivity contribution in [3.63, 3.8) is 0 Å². The number of aromatic nitrogens is 2. The minimum atomic E-state index is -0.00595. The minimum Gasteiger partial charge on any atom is -0.508 e. The predicted octanol–water partition coefficient (Wildman–Crippen LogP) is 1.91. The number of amides is 1. The van der Waals surface area contributed by atoms with E-state index in [2.05, 4.69) is 10.4 Å². The van der Waals surface area contributed by atoms with Crippen molar-refractivity contribution in [2.45, 2.75) is 19.3 Å². The maximum absolute atomic E-state index is 11.8. The van der Waals surface area contributed by atoms with Gasteiger partial charge in [-0.15, -0.1) is 0 Å². The number of benzene rings is 1. The molecule has 1 amide bonds. The third kappa shape index (κ3) is 1.87. The second-order valence-electron chi connectivity index (χ2n) is 4.87. The Morgan fingerprint density at radius 2 is 2.05 bits per heavy atom. The summed E-state index contributed by atoms with van der Waals surface area (Å²) in [6.45, 7) is 1.95. The molecule has 0 saturated carbocycles. The highest BCUT2D eigenvalue weighted by Gasteiger charge is 2.31. The first-order valence-corrected chi connectivity index (χ1v) is 6.18. The monoisotopic (exact) mass is 257 g/mol. The fourth-order valence-corrected chi connectivity index (χ4v) is 2.70. The Balaban J connectivity index is 2.13. The minimum absolute atomic E-state index is 0.00181. The highest BCUT2D eigenvalue weighted by atomic mass is 16.3. The Hall–Kier alpha value is -2.30. The van der Waals surface area contributed by atoms with E-state index in [0.717, 1.165) is 22.6 Å². The molecule has 0 radical (unpaired) electrons. The van der Waals surface area contributed by atoms with Gasteiger partial charge in [-0.1, -0.05) is 12.1 Å². The zero-order valence-electron chi connectivity index (χ0n) is 10.8. The molecule has 0 bridgehead atoms. The van der Waals surface area contributed by atoms with E-state index in [9.17, 15) is 9.90 Å². The van der Waals surface area contributed by atoms with Crippen molar-refractivity contribution in [2.75, 3.05) is 5.32 Å². The van der Waals surface area contributed by atoms with Crippen molar-refractivity contribution in [2.24, 2.45) is 7.05 Å². The van der Waals surface area contributed by atoms with Crippen LogP contribution in [0.5, 0.6) is 5.75 Å². The van der Waals surface area contributed by atoms with Gasteiger partial charge in [0.2, 0.25) is 5.91 Å². The third-order valence-corrected chi connectivity index (χ3v) is 3.56. The number of fused-ring (bicyclic) bond motifs is 1. The van der Waals surface area contributed by atoms with Crippen molar-refractivity contribution in [3.05, 3.63) is 41.1 Å². The van der Waals surface area contributed by atoms with E-state index in [1.807, 2.05) is 26.1 Å². The molecule has 98 valence electrons. The van der Waals surface area contributed by atoms with Gasteiger partial charge in [-0.2, -0.15) is 5.10 Å². The van der Waals surface area contributed by atoms with Crippen molar-refractivity contribution in [1.29, 1.82) is 0 Å². The molecule has 0 aliphatic carbocycles. The molecule has 1 unspecified atom stereocenters. The van der Waals surface area contributed by atoms with Crippen LogP contribution in [-0.2, 0) is 11.8 Å². The zero-order valence-corrected chi connectivity index (χ0v) is 10.8. The summed E-state index contributed by atoms with van der Waals surface area (Å²) in [4.78, 5) is 11.8. The van der Waals surface area contributed by atoms with Crippen LogP contribution in [-0.4, -0.2) is 20.8 Å². The highest BCUT2D eigenvalue weighted by Crippen LogP contribution is 2.38. The zero-order chi connectivity index (χ0) is 13.6. The van der Waals surface area contributed by atoms with Crippen LogP contribution in [0.15, 0.2) is 24.3 Å². The molecule has 5 nitrogen and oxygen atoms in total. The molecule has 1 atom stereocenters. The SMILES string of the molecule is Cc1nn(C)c2c1C(c1ccc(O)cc1)CC(=O)N2. The summed E-state index contributed by atoms with van der Waals surface area (Å²) in [5.74, 6) is 0.991. The van der Waals surface area contributed by atoms with Crippen LogP contribution in [0.3, 0.4) is 0 Å². The molecule has 2 aromatic rings. The summed E-state index contributed by atoms with van der Waals surface area (Å²) in [5.41, 5.74) is 3.01. The molecular weight excluding hydrogens is 242 g/mol. The van der Waals surface area contributed by atoms with E-state index >= 15 is 0 Å². The fraction of sp³-hybridized carbons (Fsp3) is 0.286. The first kappa shape index (κ1) is 11.8. The molecule has 2 N–H and O–H groups in total. The molecule has 1 aromatic heterocycles. The number of aryl methyl sites for hydroxylation is 2. The van der Waals surface area contributed by atoms with Crippen molar-refractivity contribution in [1.82, 2.24) is 9.78 Å². The molecule has 5 heteroatoms. The quantitative estimate of drug-likeness (QED) is 0.820. The van der Waals surface area contributed by atoms with Crippen molar-refractivity contribution >= 4 is 11.7 Å². The summed E-state index contributed by atoms with van der Waals surface area (Å²) >= 11 is 0. The Morgan fingerprint density at radius 1 is 1.37 bits per heavy atom. The lowest BCUT2D eigenvalue weighted by Gasteiger charge is -2.24. The second-order valence-corrected chi connectivity index (χ2v) is 4.87. The lowest BCUT2D eigenvalue weighted by molar-refractivity contribution is -0.116. The number of hydrogen-bond acceptors (Lipinski definition) is 3. The molecule has 0 saturated heterocycles. The average molecular weight is 257 g/mol. The van der Waals surface area contributed by atoms with Crippen molar-refractivity contribution < 1.29 is 9.90 Å². The number of anilines is 1. The van der Waals surface area contributed by atoms with Crippen LogP contribution < -0.4 is 5.32 Å². The van der Waals surface area contributed by atoms with Gasteiger partial charge in [0.15, 0.2) is 0 Å². The molecule has 3 rings (SSSR count). The summed E-state index contributed by atoms with van der Waals surface area (Å²) in [5, 5.41) is 16.6. The third-order valence-electron chi connectivity index (χ3n) is 3.56. The first-order chi connectivity index (χ1) is 9.06. The summed E-state index contributed by atoms with van der Waals surface area (Å²) in [6, 6.07) is 7.00. The summed E-state index contributed by atoms with van der Waals surface area (Å²) in [7, 11) is 1.82. The van der Waals surface area contributed by atoms with E-state index in [4.69, 9.17) is 0 Å². The van der Waals surface area contributed by atoms with Crippen LogP contribution in [0, 0.1) is 6.92 Å². The number of carbonyl (C=O) groups excluding carboxylic acids is 1. The van der Waals surface area contributed by atoms with Crippen molar-refractivity contribution in [3.8, 4) is 5.75 Å². The molecule has 19 heavy (non-hydrogen) atoms. The number of phenolic OH excluding ortho intramolecular Hbond substituents is 1. The predicted molar refractivity (Wildman–Crippen MR) is 71.1 cm³/mol. The Morgan fingerprint density at radius 3 is 2.74 bits per heavy atom. The summed E-state index contributed by atoms with van der Waals surface area (Å²) in [6.07, 6.45) is 0.407. The van der Waals surface area contributed by atoms with Gasteiger partial charge in [0.05, 0.1) is 5.69 Å². The average Bonchev–Trinajstić information content (AvgIpc) is 2.65.